The molecule has 0 atom stereocenters. The van der Waals surface area contributed by atoms with Gasteiger partial charge in [0, 0.05) is 11.1 Å². The Kier molecular flexibility index (Phi) is 1.35. The molecule has 0 saturated carbocycles. The van der Waals surface area contributed by atoms with Crippen LogP contribution in [0, 0.1) is 0 Å². The Morgan fingerprint density at radius 2 is 1.70 bits per heavy atom. The smallest absolute Gasteiger partial charge is 0.133 e. The van der Waals surface area contributed by atoms with Crippen molar-refractivity contribution in [2.24, 2.45) is 0 Å². The average Bonchev–Trinajstić information content (AvgIpc) is 2.27. The number of fused-ring (bicyclic) bond motifs is 1. The number of hydrogen-bond acceptors (Lipinski definition) is 3. The molecule has 2 rings (SSSR count). The monoisotopic (exact) mass is 154 g/mol. The van der Waals surface area contributed by atoms with Gasteiger partial charge in [0.15, 0.2) is 0 Å². The van der Waals surface area contributed by atoms with Crippen LogP contribution in [-0.2, 0) is 22.7 Å². The first-order valence-electron chi connectivity index (χ1n) is 2.99. The summed E-state index contributed by atoms with van der Waals surface area (Å²) in [6, 6.07) is 0. The molecule has 0 spiro atoms. The van der Waals surface area contributed by atoms with Gasteiger partial charge in [0.05, 0.1) is 12.4 Å². The summed E-state index contributed by atoms with van der Waals surface area (Å²) in [6.07, 6.45) is 3.39. The second kappa shape index (κ2) is 2.21. The van der Waals surface area contributed by atoms with Crippen LogP contribution in [0.5, 0.6) is 0 Å². The summed E-state index contributed by atoms with van der Waals surface area (Å²) in [6.45, 7) is 0. The van der Waals surface area contributed by atoms with Gasteiger partial charge in [-0.3, -0.25) is 0 Å². The number of aromatic nitrogens is 2. The molecule has 0 N–H and O–H groups in total. The second-order valence-corrected chi connectivity index (χ2v) is 3.73. The summed E-state index contributed by atoms with van der Waals surface area (Å²) in [4.78, 5) is 0. The van der Waals surface area contributed by atoms with E-state index in [2.05, 4.69) is 10.2 Å². The average molecular weight is 154 g/mol. The van der Waals surface area contributed by atoms with Crippen LogP contribution in [0.25, 0.3) is 0 Å². The molecule has 0 fully saturated rings. The fourth-order valence-corrected chi connectivity index (χ4v) is 2.35. The second-order valence-electron chi connectivity index (χ2n) is 2.27. The molecular formula is C6H6N2OS. The Balaban J connectivity index is 2.42. The first-order chi connectivity index (χ1) is 4.86. The van der Waals surface area contributed by atoms with Crippen molar-refractivity contribution in [2.45, 2.75) is 11.5 Å². The molecule has 0 aromatic carbocycles. The van der Waals surface area contributed by atoms with Crippen molar-refractivity contribution >= 4 is 11.2 Å². The van der Waals surface area contributed by atoms with Crippen molar-refractivity contribution < 1.29 is 4.55 Å². The van der Waals surface area contributed by atoms with Crippen LogP contribution >= 0.6 is 0 Å². The molecule has 3 nitrogen and oxygen atoms in total. The summed E-state index contributed by atoms with van der Waals surface area (Å²) < 4.78 is 11.0. The highest BCUT2D eigenvalue weighted by molar-refractivity contribution is 7.90. The summed E-state index contributed by atoms with van der Waals surface area (Å²) in [5.41, 5.74) is 2.18. The lowest BCUT2D eigenvalue weighted by Crippen LogP contribution is -1.95. The number of nitrogens with zero attached hydrogens (tertiary/aromatic N) is 2. The molecule has 1 aromatic rings. The van der Waals surface area contributed by atoms with Crippen LogP contribution in [-0.4, -0.2) is 14.8 Å². The van der Waals surface area contributed by atoms with E-state index in [0.29, 0.717) is 11.5 Å². The largest absolute Gasteiger partial charge is 0.616 e. The highest BCUT2D eigenvalue weighted by Gasteiger charge is 2.21. The molecule has 1 aliphatic heterocycles. The highest BCUT2D eigenvalue weighted by Crippen LogP contribution is 2.22. The van der Waals surface area contributed by atoms with Crippen molar-refractivity contribution in [3.63, 3.8) is 0 Å². The van der Waals surface area contributed by atoms with E-state index in [1.54, 1.807) is 12.4 Å². The van der Waals surface area contributed by atoms with Crippen LogP contribution in [0.15, 0.2) is 12.4 Å². The van der Waals surface area contributed by atoms with E-state index in [0.717, 1.165) is 11.1 Å². The summed E-state index contributed by atoms with van der Waals surface area (Å²) in [7, 11) is 0. The molecule has 10 heavy (non-hydrogen) atoms. The zero-order chi connectivity index (χ0) is 6.97. The van der Waals surface area contributed by atoms with Crippen LogP contribution in [0.1, 0.15) is 11.1 Å². The number of rotatable bonds is 0. The zero-order valence-electron chi connectivity index (χ0n) is 5.28. The molecule has 0 bridgehead atoms. The lowest BCUT2D eigenvalue weighted by Gasteiger charge is -1.97. The molecule has 0 saturated heterocycles. The van der Waals surface area contributed by atoms with Crippen LogP contribution in [0.3, 0.4) is 0 Å². The van der Waals surface area contributed by atoms with Crippen molar-refractivity contribution in [1.29, 1.82) is 0 Å². The van der Waals surface area contributed by atoms with E-state index in [1.807, 2.05) is 0 Å². The fraction of sp³-hybridized carbons (Fsp3) is 0.333. The predicted octanol–water partition coefficient (Wildman–Crippen LogP) is 0.239. The zero-order valence-corrected chi connectivity index (χ0v) is 6.10. The van der Waals surface area contributed by atoms with E-state index in [9.17, 15) is 4.55 Å². The topological polar surface area (TPSA) is 48.8 Å². The first kappa shape index (κ1) is 6.12. The highest BCUT2D eigenvalue weighted by atomic mass is 32.2. The third-order valence-corrected chi connectivity index (χ3v) is 2.81. The molecule has 0 amide bonds. The molecule has 1 aliphatic rings. The lowest BCUT2D eigenvalue weighted by atomic mass is 10.2. The minimum atomic E-state index is -0.699. The molecule has 52 valence electrons. The minimum absolute atomic E-state index is 0.658. The van der Waals surface area contributed by atoms with E-state index in [4.69, 9.17) is 0 Å². The maximum Gasteiger partial charge on any atom is 0.133 e. The van der Waals surface area contributed by atoms with Gasteiger partial charge in [-0.1, -0.05) is 0 Å². The maximum absolute atomic E-state index is 11.0. The van der Waals surface area contributed by atoms with Crippen molar-refractivity contribution in [1.82, 2.24) is 10.2 Å². The van der Waals surface area contributed by atoms with Crippen molar-refractivity contribution in [3.05, 3.63) is 23.5 Å². The summed E-state index contributed by atoms with van der Waals surface area (Å²) >= 11 is -0.699. The molecule has 2 heterocycles. The molecule has 4 heteroatoms. The fourth-order valence-electron chi connectivity index (χ4n) is 1.03. The number of hydrogen-bond donors (Lipinski definition) is 0. The Labute approximate surface area is 61.7 Å². The van der Waals surface area contributed by atoms with E-state index in [1.165, 1.54) is 0 Å². The quantitative estimate of drug-likeness (QED) is 0.503. The Morgan fingerprint density at radius 3 is 2.20 bits per heavy atom. The summed E-state index contributed by atoms with van der Waals surface area (Å²) in [5, 5.41) is 7.41. The van der Waals surface area contributed by atoms with Gasteiger partial charge >= 0.3 is 0 Å². The van der Waals surface area contributed by atoms with Gasteiger partial charge in [-0.15, -0.1) is 0 Å². The van der Waals surface area contributed by atoms with E-state index >= 15 is 0 Å². The SMILES string of the molecule is [O-][S+]1Cc2cnncc2C1. The molecule has 1 aromatic heterocycles. The summed E-state index contributed by atoms with van der Waals surface area (Å²) in [5.74, 6) is 1.32. The van der Waals surface area contributed by atoms with E-state index in [-0.39, 0.29) is 0 Å². The van der Waals surface area contributed by atoms with Crippen LogP contribution < -0.4 is 0 Å². The van der Waals surface area contributed by atoms with Gasteiger partial charge in [0.1, 0.15) is 11.5 Å². The van der Waals surface area contributed by atoms with E-state index < -0.39 is 11.2 Å². The van der Waals surface area contributed by atoms with Crippen LogP contribution in [0.4, 0.5) is 0 Å². The molecular weight excluding hydrogens is 148 g/mol. The van der Waals surface area contributed by atoms with Crippen molar-refractivity contribution in [2.75, 3.05) is 0 Å². The molecule has 0 aliphatic carbocycles. The Morgan fingerprint density at radius 1 is 1.20 bits per heavy atom. The van der Waals surface area contributed by atoms with Gasteiger partial charge in [-0.05, 0) is 11.2 Å². The minimum Gasteiger partial charge on any atom is -0.616 e. The standard InChI is InChI=1S/C6H6N2OS/c9-10-3-5-1-7-8-2-6(5)4-10/h1-2H,3-4H2. The third kappa shape index (κ3) is 0.892. The first-order valence-corrected chi connectivity index (χ1v) is 4.48. The normalized spacial score (nSPS) is 17.3. The molecule has 0 unspecified atom stereocenters. The van der Waals surface area contributed by atoms with Gasteiger partial charge in [0.25, 0.3) is 0 Å². The third-order valence-electron chi connectivity index (χ3n) is 1.54. The predicted molar refractivity (Wildman–Crippen MR) is 37.6 cm³/mol. The van der Waals surface area contributed by atoms with Gasteiger partial charge in [-0.2, -0.15) is 10.2 Å². The van der Waals surface area contributed by atoms with Crippen molar-refractivity contribution in [3.8, 4) is 0 Å². The maximum atomic E-state index is 11.0. The molecule has 0 radical (unpaired) electrons. The van der Waals surface area contributed by atoms with Gasteiger partial charge < -0.3 is 4.55 Å². The lowest BCUT2D eigenvalue weighted by molar-refractivity contribution is 0.597. The van der Waals surface area contributed by atoms with Crippen LogP contribution in [0.2, 0.25) is 0 Å². The van der Waals surface area contributed by atoms with Gasteiger partial charge in [0.2, 0.25) is 0 Å². The Hall–Kier alpha value is -0.610. The van der Waals surface area contributed by atoms with Gasteiger partial charge in [-0.25, -0.2) is 0 Å². The Bertz CT molecular complexity index is 228.